The first-order valence-electron chi connectivity index (χ1n) is 6.25. The lowest BCUT2D eigenvalue weighted by Gasteiger charge is -2.07. The summed E-state index contributed by atoms with van der Waals surface area (Å²) in [5.41, 5.74) is 1.71. The number of hydrogen-bond acceptors (Lipinski definition) is 4. The van der Waals surface area contributed by atoms with Crippen LogP contribution in [0.4, 0.5) is 0 Å². The van der Waals surface area contributed by atoms with Gasteiger partial charge in [0.1, 0.15) is 11.5 Å². The lowest BCUT2D eigenvalue weighted by molar-refractivity contribution is 0.469. The zero-order valence-corrected chi connectivity index (χ0v) is 12.3. The number of para-hydroxylation sites is 2. The molecule has 0 saturated heterocycles. The molecule has 0 saturated carbocycles. The largest absolute Gasteiger partial charge is 0.610 e. The van der Waals surface area contributed by atoms with Crippen molar-refractivity contribution < 1.29 is 9.66 Å². The van der Waals surface area contributed by atoms with Gasteiger partial charge >= 0.3 is 4.34 Å². The molecule has 0 fully saturated rings. The Bertz CT molecular complexity index is 693. The van der Waals surface area contributed by atoms with Gasteiger partial charge in [0, 0.05) is 17.6 Å². The van der Waals surface area contributed by atoms with Gasteiger partial charge in [-0.15, -0.1) is 0 Å². The third-order valence-electron chi connectivity index (χ3n) is 3.02. The van der Waals surface area contributed by atoms with Crippen molar-refractivity contribution in [2.24, 2.45) is 0 Å². The van der Waals surface area contributed by atoms with Crippen molar-refractivity contribution in [3.63, 3.8) is 0 Å². The van der Waals surface area contributed by atoms with Crippen LogP contribution in [0, 0.1) is 0 Å². The molecule has 0 aliphatic heterocycles. The highest BCUT2D eigenvalue weighted by Gasteiger charge is 2.17. The van der Waals surface area contributed by atoms with Crippen LogP contribution in [-0.2, 0) is 17.6 Å². The molecule has 0 spiro atoms. The number of benzene rings is 2. The Balaban J connectivity index is 1.73. The molecule has 0 radical (unpaired) electrons. The lowest BCUT2D eigenvalue weighted by Crippen LogP contribution is -2.09. The van der Waals surface area contributed by atoms with E-state index in [-0.39, 0.29) is 5.75 Å². The number of hydrogen-bond donors (Lipinski definition) is 1. The summed E-state index contributed by atoms with van der Waals surface area (Å²) in [6.45, 7) is 0. The number of rotatable bonds is 4. The summed E-state index contributed by atoms with van der Waals surface area (Å²) in [6.07, 6.45) is 0.579. The molecule has 1 N–H and O–H groups in total. The van der Waals surface area contributed by atoms with Crippen LogP contribution in [0.15, 0.2) is 52.9 Å². The number of aromatic hydroxyl groups is 1. The second kappa shape index (κ2) is 5.83. The number of phenolic OH excluding ortho intramolecular Hbond substituents is 1. The minimum Gasteiger partial charge on any atom is -0.610 e. The van der Waals surface area contributed by atoms with Gasteiger partial charge in [0.25, 0.3) is 0 Å². The van der Waals surface area contributed by atoms with Gasteiger partial charge in [-0.3, -0.25) is 0 Å². The first kappa shape index (κ1) is 13.4. The molecule has 0 amide bonds. The van der Waals surface area contributed by atoms with Gasteiger partial charge in [-0.2, -0.15) is 4.98 Å². The Morgan fingerprint density at radius 2 is 1.85 bits per heavy atom. The van der Waals surface area contributed by atoms with E-state index in [1.807, 2.05) is 36.4 Å². The molecule has 1 atom stereocenters. The summed E-state index contributed by atoms with van der Waals surface area (Å²) >= 11 is 0.342. The van der Waals surface area contributed by atoms with Gasteiger partial charge in [-0.25, -0.2) is 0 Å². The van der Waals surface area contributed by atoms with Crippen LogP contribution < -0.4 is 0 Å². The number of fused-ring (bicyclic) bond motifs is 1. The van der Waals surface area contributed by atoms with Crippen molar-refractivity contribution in [1.29, 1.82) is 0 Å². The fraction of sp³-hybridized carbons (Fsp3) is 0.133. The van der Waals surface area contributed by atoms with Crippen LogP contribution in [0.2, 0.25) is 0 Å². The zero-order valence-electron chi connectivity index (χ0n) is 10.7. The highest BCUT2D eigenvalue weighted by molar-refractivity contribution is 7.93. The van der Waals surface area contributed by atoms with E-state index in [0.717, 1.165) is 15.8 Å². The molecule has 5 heteroatoms. The molecule has 1 unspecified atom stereocenters. The molecule has 0 aliphatic rings. The van der Waals surface area contributed by atoms with Crippen molar-refractivity contribution in [2.75, 3.05) is 5.75 Å². The van der Waals surface area contributed by atoms with Gasteiger partial charge < -0.3 is 9.66 Å². The summed E-state index contributed by atoms with van der Waals surface area (Å²) in [7, 11) is 0. The number of aromatic nitrogens is 1. The molecule has 3 nitrogen and oxygen atoms in total. The maximum Gasteiger partial charge on any atom is 0.302 e. The molecule has 3 aromatic rings. The average molecular weight is 303 g/mol. The molecule has 20 heavy (non-hydrogen) atoms. The standard InChI is InChI=1S/C15H13NO2S2/c17-13-7-3-1-5-11(13)9-10-20(18)15-16-12-6-2-4-8-14(12)19-15/h1-8,17H,9-10H2. The Kier molecular flexibility index (Phi) is 3.91. The molecular formula is C15H13NO2S2. The van der Waals surface area contributed by atoms with Crippen molar-refractivity contribution in [3.05, 3.63) is 54.1 Å². The Hall–Kier alpha value is -1.56. The van der Waals surface area contributed by atoms with E-state index in [0.29, 0.717) is 16.5 Å². The predicted octanol–water partition coefficient (Wildman–Crippen LogP) is 3.35. The van der Waals surface area contributed by atoms with E-state index < -0.39 is 11.2 Å². The van der Waals surface area contributed by atoms with E-state index in [9.17, 15) is 9.66 Å². The second-order valence-electron chi connectivity index (χ2n) is 4.38. The van der Waals surface area contributed by atoms with Crippen LogP contribution in [0.1, 0.15) is 5.56 Å². The molecule has 1 heterocycles. The van der Waals surface area contributed by atoms with Crippen LogP contribution in [-0.4, -0.2) is 20.4 Å². The minimum absolute atomic E-state index is 0.258. The van der Waals surface area contributed by atoms with E-state index in [4.69, 9.17) is 0 Å². The van der Waals surface area contributed by atoms with Gasteiger partial charge in [0.2, 0.25) is 0 Å². The fourth-order valence-electron chi connectivity index (χ4n) is 1.96. The maximum absolute atomic E-state index is 12.3. The Labute approximate surface area is 124 Å². The topological polar surface area (TPSA) is 56.2 Å². The minimum atomic E-state index is -1.13. The first-order valence-corrected chi connectivity index (χ1v) is 8.38. The van der Waals surface area contributed by atoms with E-state index in [1.54, 1.807) is 12.1 Å². The molecule has 102 valence electrons. The van der Waals surface area contributed by atoms with Crippen molar-refractivity contribution in [1.82, 2.24) is 4.98 Å². The molecule has 0 bridgehead atoms. The summed E-state index contributed by atoms with van der Waals surface area (Å²) in [5.74, 6) is 0.728. The van der Waals surface area contributed by atoms with Gasteiger partial charge in [-0.05, 0) is 23.8 Å². The van der Waals surface area contributed by atoms with Crippen molar-refractivity contribution in [3.8, 4) is 5.75 Å². The van der Waals surface area contributed by atoms with E-state index in [1.165, 1.54) is 11.3 Å². The first-order chi connectivity index (χ1) is 9.74. The predicted molar refractivity (Wildman–Crippen MR) is 82.7 cm³/mol. The number of phenols is 1. The zero-order chi connectivity index (χ0) is 13.9. The van der Waals surface area contributed by atoms with E-state index >= 15 is 0 Å². The summed E-state index contributed by atoms with van der Waals surface area (Å²) < 4.78 is 14.0. The monoisotopic (exact) mass is 303 g/mol. The third-order valence-corrected chi connectivity index (χ3v) is 5.71. The van der Waals surface area contributed by atoms with Gasteiger partial charge in [0.15, 0.2) is 0 Å². The average Bonchev–Trinajstić information content (AvgIpc) is 2.90. The van der Waals surface area contributed by atoms with Crippen LogP contribution in [0.3, 0.4) is 0 Å². The molecule has 2 aromatic carbocycles. The Morgan fingerprint density at radius 3 is 2.65 bits per heavy atom. The molecule has 1 aromatic heterocycles. The molecular weight excluding hydrogens is 290 g/mol. The van der Waals surface area contributed by atoms with Gasteiger partial charge in [-0.1, -0.05) is 41.7 Å². The highest BCUT2D eigenvalue weighted by Crippen LogP contribution is 2.26. The van der Waals surface area contributed by atoms with Crippen LogP contribution in [0.25, 0.3) is 10.2 Å². The van der Waals surface area contributed by atoms with Crippen LogP contribution in [0.5, 0.6) is 5.75 Å². The smallest absolute Gasteiger partial charge is 0.302 e. The lowest BCUT2D eigenvalue weighted by atomic mass is 10.1. The third kappa shape index (κ3) is 2.80. The second-order valence-corrected chi connectivity index (χ2v) is 7.15. The number of aryl methyl sites for hydroxylation is 1. The fourth-order valence-corrected chi connectivity index (χ4v) is 4.33. The SMILES string of the molecule is [O-][S+](CCc1ccccc1O)c1nc2ccccc2s1. The van der Waals surface area contributed by atoms with Crippen molar-refractivity contribution >= 4 is 32.7 Å². The normalized spacial score (nSPS) is 12.7. The molecule has 3 rings (SSSR count). The summed E-state index contributed by atoms with van der Waals surface area (Å²) in [4.78, 5) is 4.40. The summed E-state index contributed by atoms with van der Waals surface area (Å²) in [5, 5.41) is 9.70. The van der Waals surface area contributed by atoms with Crippen LogP contribution >= 0.6 is 11.3 Å². The van der Waals surface area contributed by atoms with Gasteiger partial charge in [0.05, 0.1) is 10.2 Å². The Morgan fingerprint density at radius 1 is 1.10 bits per heavy atom. The van der Waals surface area contributed by atoms with Crippen molar-refractivity contribution in [2.45, 2.75) is 10.8 Å². The molecule has 0 aliphatic carbocycles. The summed E-state index contributed by atoms with van der Waals surface area (Å²) in [6, 6.07) is 14.9. The quantitative estimate of drug-likeness (QED) is 0.752. The van der Waals surface area contributed by atoms with E-state index in [2.05, 4.69) is 4.98 Å². The number of thiazole rings is 1. The maximum atomic E-state index is 12.3. The number of nitrogens with zero attached hydrogens (tertiary/aromatic N) is 1. The highest BCUT2D eigenvalue weighted by atomic mass is 32.2.